The van der Waals surface area contributed by atoms with E-state index in [4.69, 9.17) is 21.3 Å². The minimum atomic E-state index is 0.134. The minimum absolute atomic E-state index is 0.134. The lowest BCUT2D eigenvalue weighted by Crippen LogP contribution is -2.45. The highest BCUT2D eigenvalue weighted by Crippen LogP contribution is 2.35. The number of amides is 1. The van der Waals surface area contributed by atoms with E-state index in [1.54, 1.807) is 11.3 Å². The van der Waals surface area contributed by atoms with Crippen LogP contribution in [0.25, 0.3) is 10.2 Å². The summed E-state index contributed by atoms with van der Waals surface area (Å²) in [4.78, 5) is 22.6. The van der Waals surface area contributed by atoms with Crippen LogP contribution >= 0.6 is 22.9 Å². The van der Waals surface area contributed by atoms with Crippen LogP contribution in [-0.2, 0) is 9.53 Å². The molecule has 1 aromatic heterocycles. The number of halogens is 1. The third-order valence-electron chi connectivity index (χ3n) is 5.83. The van der Waals surface area contributed by atoms with Crippen molar-refractivity contribution in [2.75, 3.05) is 44.3 Å². The summed E-state index contributed by atoms with van der Waals surface area (Å²) in [5.41, 5.74) is 2.01. The van der Waals surface area contributed by atoms with E-state index >= 15 is 0 Å². The Kier molecular flexibility index (Phi) is 6.51. The van der Waals surface area contributed by atoms with Gasteiger partial charge in [0.05, 0.1) is 23.4 Å². The molecule has 1 saturated carbocycles. The van der Waals surface area contributed by atoms with Crippen molar-refractivity contribution in [1.82, 2.24) is 9.88 Å². The van der Waals surface area contributed by atoms with Crippen LogP contribution in [0.15, 0.2) is 12.1 Å². The van der Waals surface area contributed by atoms with Crippen LogP contribution in [0.5, 0.6) is 0 Å². The zero-order valence-corrected chi connectivity index (χ0v) is 18.0. The van der Waals surface area contributed by atoms with Gasteiger partial charge in [-0.2, -0.15) is 0 Å². The van der Waals surface area contributed by atoms with E-state index in [2.05, 4.69) is 4.90 Å². The van der Waals surface area contributed by atoms with Gasteiger partial charge in [0.25, 0.3) is 0 Å². The molecule has 152 valence electrons. The second kappa shape index (κ2) is 9.08. The first kappa shape index (κ1) is 20.1. The second-order valence-electron chi connectivity index (χ2n) is 7.84. The summed E-state index contributed by atoms with van der Waals surface area (Å²) in [5.74, 6) is 0.380. The predicted molar refractivity (Wildman–Crippen MR) is 116 cm³/mol. The van der Waals surface area contributed by atoms with Crippen LogP contribution in [0.1, 0.15) is 37.7 Å². The van der Waals surface area contributed by atoms with E-state index < -0.39 is 0 Å². The van der Waals surface area contributed by atoms with Crippen molar-refractivity contribution in [1.29, 1.82) is 0 Å². The summed E-state index contributed by atoms with van der Waals surface area (Å²) >= 11 is 7.82. The van der Waals surface area contributed by atoms with Gasteiger partial charge in [-0.1, -0.05) is 42.2 Å². The van der Waals surface area contributed by atoms with Gasteiger partial charge in [-0.25, -0.2) is 4.98 Å². The molecule has 1 aromatic carbocycles. The number of hydrogen-bond donors (Lipinski definition) is 0. The predicted octanol–water partition coefficient (Wildman–Crippen LogP) is 4.50. The van der Waals surface area contributed by atoms with Crippen LogP contribution in [0.2, 0.25) is 5.02 Å². The van der Waals surface area contributed by atoms with Gasteiger partial charge in [-0.15, -0.1) is 0 Å². The van der Waals surface area contributed by atoms with Crippen molar-refractivity contribution in [3.05, 3.63) is 22.7 Å². The molecular formula is C21H28ClN3O2S. The molecule has 0 bridgehead atoms. The molecule has 2 fully saturated rings. The third-order valence-corrected chi connectivity index (χ3v) is 7.08. The van der Waals surface area contributed by atoms with Gasteiger partial charge in [0.15, 0.2) is 5.13 Å². The van der Waals surface area contributed by atoms with Gasteiger partial charge >= 0.3 is 0 Å². The summed E-state index contributed by atoms with van der Waals surface area (Å²) in [5, 5.41) is 1.53. The number of carbonyl (C=O) groups excluding carboxylic acids is 1. The molecule has 2 aliphatic rings. The number of nitrogens with zero attached hydrogens (tertiary/aromatic N) is 3. The van der Waals surface area contributed by atoms with Crippen molar-refractivity contribution in [3.8, 4) is 0 Å². The van der Waals surface area contributed by atoms with Gasteiger partial charge in [0, 0.05) is 37.1 Å². The zero-order chi connectivity index (χ0) is 19.5. The molecular weight excluding hydrogens is 394 g/mol. The minimum Gasteiger partial charge on any atom is -0.379 e. The highest BCUT2D eigenvalue weighted by molar-refractivity contribution is 7.22. The third kappa shape index (κ3) is 4.51. The highest BCUT2D eigenvalue weighted by Gasteiger charge is 2.29. The number of benzene rings is 1. The Bertz CT molecular complexity index is 828. The average molecular weight is 422 g/mol. The van der Waals surface area contributed by atoms with Gasteiger partial charge in [0.2, 0.25) is 5.91 Å². The fourth-order valence-electron chi connectivity index (χ4n) is 4.19. The average Bonchev–Trinajstić information content (AvgIpc) is 3.13. The van der Waals surface area contributed by atoms with Crippen LogP contribution in [0, 0.1) is 12.8 Å². The SMILES string of the molecule is Cc1cc(Cl)cc2sc(N(CCN3CCOCC3)C(=O)C3CCCCC3)nc12. The number of carbonyl (C=O) groups is 1. The number of fused-ring (bicyclic) bond motifs is 1. The number of ether oxygens (including phenoxy) is 1. The molecule has 0 unspecified atom stereocenters. The molecule has 0 spiro atoms. The van der Waals surface area contributed by atoms with Gasteiger partial charge in [-0.05, 0) is 37.5 Å². The molecule has 0 N–H and O–H groups in total. The quantitative estimate of drug-likeness (QED) is 0.712. The van der Waals surface area contributed by atoms with E-state index in [1.165, 1.54) is 6.42 Å². The molecule has 28 heavy (non-hydrogen) atoms. The lowest BCUT2D eigenvalue weighted by molar-refractivity contribution is -0.123. The Morgan fingerprint density at radius 3 is 2.79 bits per heavy atom. The standard InChI is InChI=1S/C21H28ClN3O2S/c1-15-13-17(22)14-18-19(15)23-21(28-18)25(8-7-24-9-11-27-12-10-24)20(26)16-5-3-2-4-6-16/h13-14,16H,2-12H2,1H3. The van der Waals surface area contributed by atoms with E-state index in [-0.39, 0.29) is 11.8 Å². The van der Waals surface area contributed by atoms with Crippen LogP contribution in [0.4, 0.5) is 5.13 Å². The largest absolute Gasteiger partial charge is 0.379 e. The van der Waals surface area contributed by atoms with E-state index in [9.17, 15) is 4.79 Å². The molecule has 7 heteroatoms. The number of morpholine rings is 1. The van der Waals surface area contributed by atoms with E-state index in [1.807, 2.05) is 24.0 Å². The fraction of sp³-hybridized carbons (Fsp3) is 0.619. The van der Waals surface area contributed by atoms with Crippen molar-refractivity contribution < 1.29 is 9.53 Å². The molecule has 0 radical (unpaired) electrons. The maximum Gasteiger partial charge on any atom is 0.231 e. The Hall–Kier alpha value is -1.21. The van der Waals surface area contributed by atoms with E-state index in [0.717, 1.165) is 84.5 Å². The molecule has 1 amide bonds. The number of anilines is 1. The molecule has 0 atom stereocenters. The van der Waals surface area contributed by atoms with Crippen molar-refractivity contribution in [2.45, 2.75) is 39.0 Å². The first-order chi connectivity index (χ1) is 13.6. The first-order valence-corrected chi connectivity index (χ1v) is 11.5. The monoisotopic (exact) mass is 421 g/mol. The smallest absolute Gasteiger partial charge is 0.231 e. The van der Waals surface area contributed by atoms with E-state index in [0.29, 0.717) is 6.54 Å². The first-order valence-electron chi connectivity index (χ1n) is 10.3. The summed E-state index contributed by atoms with van der Waals surface area (Å²) in [7, 11) is 0. The van der Waals surface area contributed by atoms with Crippen molar-refractivity contribution >= 4 is 44.2 Å². The lowest BCUT2D eigenvalue weighted by Gasteiger charge is -2.31. The molecule has 1 aliphatic carbocycles. The lowest BCUT2D eigenvalue weighted by atomic mass is 9.88. The molecule has 2 heterocycles. The summed E-state index contributed by atoms with van der Waals surface area (Å²) in [6, 6.07) is 3.89. The zero-order valence-electron chi connectivity index (χ0n) is 16.5. The number of aromatic nitrogens is 1. The van der Waals surface area contributed by atoms with Crippen LogP contribution in [0.3, 0.4) is 0 Å². The normalized spacial score (nSPS) is 19.2. The van der Waals surface area contributed by atoms with Gasteiger partial charge in [-0.3, -0.25) is 14.6 Å². The Morgan fingerprint density at radius 2 is 2.04 bits per heavy atom. The summed E-state index contributed by atoms with van der Waals surface area (Å²) < 4.78 is 6.50. The number of rotatable bonds is 5. The fourth-order valence-corrected chi connectivity index (χ4v) is 5.65. The van der Waals surface area contributed by atoms with Gasteiger partial charge in [0.1, 0.15) is 0 Å². The number of thiazole rings is 1. The Labute approximate surface area is 175 Å². The molecule has 2 aromatic rings. The van der Waals surface area contributed by atoms with Crippen LogP contribution < -0.4 is 4.90 Å². The highest BCUT2D eigenvalue weighted by atomic mass is 35.5. The maximum atomic E-state index is 13.4. The van der Waals surface area contributed by atoms with Crippen LogP contribution in [-0.4, -0.2) is 55.2 Å². The maximum absolute atomic E-state index is 13.4. The number of hydrogen-bond acceptors (Lipinski definition) is 5. The molecule has 1 aliphatic heterocycles. The van der Waals surface area contributed by atoms with Crippen molar-refractivity contribution in [3.63, 3.8) is 0 Å². The Morgan fingerprint density at radius 1 is 1.29 bits per heavy atom. The van der Waals surface area contributed by atoms with Crippen molar-refractivity contribution in [2.24, 2.45) is 5.92 Å². The topological polar surface area (TPSA) is 45.7 Å². The number of aryl methyl sites for hydroxylation is 1. The molecule has 4 rings (SSSR count). The summed E-state index contributed by atoms with van der Waals surface area (Å²) in [6.45, 7) is 6.98. The second-order valence-corrected chi connectivity index (χ2v) is 9.29. The molecule has 1 saturated heterocycles. The van der Waals surface area contributed by atoms with Gasteiger partial charge < -0.3 is 4.74 Å². The summed E-state index contributed by atoms with van der Waals surface area (Å²) in [6.07, 6.45) is 5.56. The Balaban J connectivity index is 1.59. The molecule has 5 nitrogen and oxygen atoms in total.